The SMILES string of the molecule is CCCCN(C(=O)COc1ccc(Cl)cc1C(N)=O)[C@H]1CCS(=O)(=O)C1. The van der Waals surface area contributed by atoms with Gasteiger partial charge in [0.2, 0.25) is 0 Å². The lowest BCUT2D eigenvalue weighted by atomic mass is 10.2. The van der Waals surface area contributed by atoms with Gasteiger partial charge in [0.1, 0.15) is 5.75 Å². The number of nitrogens with zero attached hydrogens (tertiary/aromatic N) is 1. The molecule has 1 aromatic carbocycles. The molecule has 9 heteroatoms. The molecule has 2 amide bonds. The van der Waals surface area contributed by atoms with Crippen LogP contribution in [-0.4, -0.2) is 55.8 Å². The number of rotatable bonds is 8. The van der Waals surface area contributed by atoms with Crippen LogP contribution in [0.4, 0.5) is 0 Å². The second-order valence-corrected chi connectivity index (χ2v) is 8.96. The largest absolute Gasteiger partial charge is 0.483 e. The molecule has 2 N–H and O–H groups in total. The van der Waals surface area contributed by atoms with Crippen molar-refractivity contribution < 1.29 is 22.7 Å². The number of halogens is 1. The van der Waals surface area contributed by atoms with Crippen molar-refractivity contribution in [1.29, 1.82) is 0 Å². The number of ether oxygens (including phenoxy) is 1. The predicted octanol–water partition coefficient (Wildman–Crippen LogP) is 1.63. The first-order valence-electron chi connectivity index (χ1n) is 8.45. The molecule has 144 valence electrons. The van der Waals surface area contributed by atoms with E-state index in [-0.39, 0.29) is 41.4 Å². The van der Waals surface area contributed by atoms with Crippen molar-refractivity contribution in [2.75, 3.05) is 24.7 Å². The highest BCUT2D eigenvalue weighted by molar-refractivity contribution is 7.91. The molecule has 0 unspecified atom stereocenters. The number of carbonyl (C=O) groups excluding carboxylic acids is 2. The van der Waals surface area contributed by atoms with Crippen LogP contribution < -0.4 is 10.5 Å². The molecular formula is C17H23ClN2O5S. The number of primary amides is 1. The summed E-state index contributed by atoms with van der Waals surface area (Å²) >= 11 is 5.85. The van der Waals surface area contributed by atoms with Crippen molar-refractivity contribution in [2.45, 2.75) is 32.2 Å². The molecule has 1 aromatic rings. The lowest BCUT2D eigenvalue weighted by molar-refractivity contribution is -0.135. The first-order chi connectivity index (χ1) is 12.2. The van der Waals surface area contributed by atoms with E-state index in [1.165, 1.54) is 18.2 Å². The number of amides is 2. The third kappa shape index (κ3) is 5.35. The Balaban J connectivity index is 2.09. The lowest BCUT2D eigenvalue weighted by Gasteiger charge is -2.28. The van der Waals surface area contributed by atoms with Crippen LogP contribution in [0.15, 0.2) is 18.2 Å². The van der Waals surface area contributed by atoms with Gasteiger partial charge in [-0.3, -0.25) is 9.59 Å². The summed E-state index contributed by atoms with van der Waals surface area (Å²) in [5.74, 6) is -0.775. The quantitative estimate of drug-likeness (QED) is 0.711. The van der Waals surface area contributed by atoms with Gasteiger partial charge in [0.25, 0.3) is 11.8 Å². The number of unbranched alkanes of at least 4 members (excludes halogenated alkanes) is 1. The van der Waals surface area contributed by atoms with Crippen molar-refractivity contribution in [2.24, 2.45) is 5.73 Å². The monoisotopic (exact) mass is 402 g/mol. The Morgan fingerprint density at radius 1 is 1.38 bits per heavy atom. The topological polar surface area (TPSA) is 107 Å². The number of hydrogen-bond donors (Lipinski definition) is 1. The zero-order valence-electron chi connectivity index (χ0n) is 14.6. The molecule has 1 fully saturated rings. The molecule has 0 spiro atoms. The molecule has 0 aliphatic carbocycles. The molecule has 1 atom stereocenters. The Labute approximate surface area is 158 Å². The third-order valence-corrected chi connectivity index (χ3v) is 6.27. The van der Waals surface area contributed by atoms with Gasteiger partial charge >= 0.3 is 0 Å². The summed E-state index contributed by atoms with van der Waals surface area (Å²) in [5, 5.41) is 0.332. The first-order valence-corrected chi connectivity index (χ1v) is 10.7. The summed E-state index contributed by atoms with van der Waals surface area (Å²) in [6, 6.07) is 4.06. The number of sulfone groups is 1. The maximum Gasteiger partial charge on any atom is 0.260 e. The minimum absolute atomic E-state index is 0.0179. The zero-order valence-corrected chi connectivity index (χ0v) is 16.2. The van der Waals surface area contributed by atoms with E-state index in [1.807, 2.05) is 6.92 Å². The highest BCUT2D eigenvalue weighted by atomic mass is 35.5. The maximum atomic E-state index is 12.6. The average Bonchev–Trinajstić information content (AvgIpc) is 2.93. The minimum atomic E-state index is -3.10. The lowest BCUT2D eigenvalue weighted by Crippen LogP contribution is -2.44. The minimum Gasteiger partial charge on any atom is -0.483 e. The fourth-order valence-corrected chi connectivity index (χ4v) is 4.81. The highest BCUT2D eigenvalue weighted by Gasteiger charge is 2.34. The van der Waals surface area contributed by atoms with Gasteiger partial charge in [-0.05, 0) is 31.0 Å². The Kier molecular flexibility index (Phi) is 6.88. The van der Waals surface area contributed by atoms with E-state index < -0.39 is 15.7 Å². The second-order valence-electron chi connectivity index (χ2n) is 6.29. The van der Waals surface area contributed by atoms with E-state index >= 15 is 0 Å². The molecule has 1 aliphatic heterocycles. The van der Waals surface area contributed by atoms with Crippen molar-refractivity contribution in [3.8, 4) is 5.75 Å². The van der Waals surface area contributed by atoms with Gasteiger partial charge in [-0.15, -0.1) is 0 Å². The molecule has 0 radical (unpaired) electrons. The molecule has 1 aliphatic rings. The maximum absolute atomic E-state index is 12.6. The number of nitrogens with two attached hydrogens (primary N) is 1. The predicted molar refractivity (Wildman–Crippen MR) is 99.1 cm³/mol. The number of benzene rings is 1. The van der Waals surface area contributed by atoms with Crippen LogP contribution in [0.1, 0.15) is 36.5 Å². The smallest absolute Gasteiger partial charge is 0.260 e. The molecule has 2 rings (SSSR count). The summed E-state index contributed by atoms with van der Waals surface area (Å²) in [6.45, 7) is 2.17. The van der Waals surface area contributed by atoms with Crippen molar-refractivity contribution in [1.82, 2.24) is 4.90 Å². The summed E-state index contributed by atoms with van der Waals surface area (Å²) < 4.78 is 29.0. The molecular weight excluding hydrogens is 380 g/mol. The van der Waals surface area contributed by atoms with Gasteiger partial charge in [0, 0.05) is 17.6 Å². The van der Waals surface area contributed by atoms with E-state index in [2.05, 4.69) is 0 Å². The number of hydrogen-bond acceptors (Lipinski definition) is 5. The van der Waals surface area contributed by atoms with Crippen LogP contribution in [-0.2, 0) is 14.6 Å². The van der Waals surface area contributed by atoms with Crippen LogP contribution >= 0.6 is 11.6 Å². The van der Waals surface area contributed by atoms with E-state index in [0.29, 0.717) is 18.0 Å². The first kappa shape index (κ1) is 20.5. The Morgan fingerprint density at radius 3 is 2.69 bits per heavy atom. The van der Waals surface area contributed by atoms with E-state index in [0.717, 1.165) is 12.8 Å². The average molecular weight is 403 g/mol. The summed E-state index contributed by atoms with van der Waals surface area (Å²) in [7, 11) is -3.10. The van der Waals surface area contributed by atoms with Gasteiger partial charge in [0.15, 0.2) is 16.4 Å². The van der Waals surface area contributed by atoms with Gasteiger partial charge in [-0.25, -0.2) is 8.42 Å². The van der Waals surface area contributed by atoms with E-state index in [4.69, 9.17) is 22.1 Å². The second kappa shape index (κ2) is 8.73. The Bertz CT molecular complexity index is 781. The molecule has 1 heterocycles. The van der Waals surface area contributed by atoms with Gasteiger partial charge in [0.05, 0.1) is 17.1 Å². The third-order valence-electron chi connectivity index (χ3n) is 4.28. The fraction of sp³-hybridized carbons (Fsp3) is 0.529. The summed E-state index contributed by atoms with van der Waals surface area (Å²) in [4.78, 5) is 25.7. The van der Waals surface area contributed by atoms with Crippen molar-refractivity contribution >= 4 is 33.3 Å². The van der Waals surface area contributed by atoms with Gasteiger partial charge < -0.3 is 15.4 Å². The highest BCUT2D eigenvalue weighted by Crippen LogP contribution is 2.23. The zero-order chi connectivity index (χ0) is 19.3. The normalized spacial score (nSPS) is 18.5. The van der Waals surface area contributed by atoms with E-state index in [9.17, 15) is 18.0 Å². The Morgan fingerprint density at radius 2 is 2.12 bits per heavy atom. The van der Waals surface area contributed by atoms with Crippen LogP contribution in [0, 0.1) is 0 Å². The van der Waals surface area contributed by atoms with Gasteiger partial charge in [-0.2, -0.15) is 0 Å². The summed E-state index contributed by atoms with van der Waals surface area (Å²) in [6.07, 6.45) is 2.09. The van der Waals surface area contributed by atoms with Gasteiger partial charge in [-0.1, -0.05) is 24.9 Å². The molecule has 26 heavy (non-hydrogen) atoms. The molecule has 0 saturated carbocycles. The number of carbonyl (C=O) groups is 2. The standard InChI is InChI=1S/C17H23ClN2O5S/c1-2-3-7-20(13-6-8-26(23,24)11-13)16(21)10-25-15-5-4-12(18)9-14(15)17(19)22/h4-5,9,13H,2-3,6-8,10-11H2,1H3,(H2,19,22)/t13-/m0/s1. The molecule has 0 aromatic heterocycles. The molecule has 0 bridgehead atoms. The molecule has 7 nitrogen and oxygen atoms in total. The van der Waals surface area contributed by atoms with Crippen molar-refractivity contribution in [3.05, 3.63) is 28.8 Å². The van der Waals surface area contributed by atoms with E-state index in [1.54, 1.807) is 4.90 Å². The molecule has 1 saturated heterocycles. The van der Waals surface area contributed by atoms with Crippen LogP contribution in [0.5, 0.6) is 5.75 Å². The van der Waals surface area contributed by atoms with Crippen molar-refractivity contribution in [3.63, 3.8) is 0 Å². The summed E-state index contributed by atoms with van der Waals surface area (Å²) in [5.41, 5.74) is 5.40. The van der Waals surface area contributed by atoms with Crippen LogP contribution in [0.2, 0.25) is 5.02 Å². The van der Waals surface area contributed by atoms with Crippen LogP contribution in [0.25, 0.3) is 0 Å². The van der Waals surface area contributed by atoms with Crippen LogP contribution in [0.3, 0.4) is 0 Å². The fourth-order valence-electron chi connectivity index (χ4n) is 2.90. The Hall–Kier alpha value is -1.80.